The summed E-state index contributed by atoms with van der Waals surface area (Å²) < 4.78 is 6.64. The van der Waals surface area contributed by atoms with Gasteiger partial charge in [-0.25, -0.2) is 0 Å². The van der Waals surface area contributed by atoms with Crippen molar-refractivity contribution in [1.82, 2.24) is 5.32 Å². The smallest absolute Gasteiger partial charge is 0.0810 e. The molecule has 2 aliphatic rings. The van der Waals surface area contributed by atoms with E-state index in [4.69, 9.17) is 4.74 Å². The second-order valence-electron chi connectivity index (χ2n) is 7.07. The van der Waals surface area contributed by atoms with E-state index in [1.165, 1.54) is 51.4 Å². The number of rotatable bonds is 6. The Hall–Kier alpha value is -0.0800. The zero-order valence-corrected chi connectivity index (χ0v) is 13.2. The first kappa shape index (κ1) is 15.3. The predicted molar refractivity (Wildman–Crippen MR) is 81.4 cm³/mol. The van der Waals surface area contributed by atoms with Crippen LogP contribution in [0.5, 0.6) is 0 Å². The number of hydrogen-bond donors (Lipinski definition) is 1. The van der Waals surface area contributed by atoms with E-state index in [1.807, 2.05) is 0 Å². The van der Waals surface area contributed by atoms with Crippen molar-refractivity contribution in [1.29, 1.82) is 0 Å². The van der Waals surface area contributed by atoms with Crippen molar-refractivity contribution in [3.05, 3.63) is 0 Å². The van der Waals surface area contributed by atoms with Gasteiger partial charge in [0.1, 0.15) is 0 Å². The average Bonchev–Trinajstić information content (AvgIpc) is 2.83. The fourth-order valence-electron chi connectivity index (χ4n) is 3.81. The molecule has 0 aliphatic heterocycles. The van der Waals surface area contributed by atoms with E-state index < -0.39 is 0 Å². The Morgan fingerprint density at radius 2 is 1.84 bits per heavy atom. The van der Waals surface area contributed by atoms with Gasteiger partial charge in [0, 0.05) is 6.54 Å². The van der Waals surface area contributed by atoms with Gasteiger partial charge in [-0.3, -0.25) is 0 Å². The third-order valence-electron chi connectivity index (χ3n) is 5.36. The Balaban J connectivity index is 1.86. The van der Waals surface area contributed by atoms with E-state index in [9.17, 15) is 0 Å². The number of hydrogen-bond acceptors (Lipinski definition) is 2. The molecule has 0 bridgehead atoms. The Bertz CT molecular complexity index is 260. The molecule has 3 atom stereocenters. The highest BCUT2D eigenvalue weighted by molar-refractivity contribution is 4.91. The molecule has 0 aromatic rings. The quantitative estimate of drug-likeness (QED) is 0.730. The highest BCUT2D eigenvalue weighted by atomic mass is 16.5. The molecule has 2 saturated carbocycles. The Labute approximate surface area is 119 Å². The van der Waals surface area contributed by atoms with Gasteiger partial charge in [0.2, 0.25) is 0 Å². The van der Waals surface area contributed by atoms with Gasteiger partial charge < -0.3 is 10.1 Å². The van der Waals surface area contributed by atoms with Gasteiger partial charge in [-0.1, -0.05) is 33.6 Å². The first-order valence-electron chi connectivity index (χ1n) is 8.54. The van der Waals surface area contributed by atoms with Crippen molar-refractivity contribution in [3.8, 4) is 0 Å². The first-order chi connectivity index (χ1) is 9.15. The van der Waals surface area contributed by atoms with Crippen molar-refractivity contribution in [2.24, 2.45) is 11.8 Å². The summed E-state index contributed by atoms with van der Waals surface area (Å²) >= 11 is 0. The Morgan fingerprint density at radius 3 is 2.47 bits per heavy atom. The lowest BCUT2D eigenvalue weighted by molar-refractivity contribution is -0.111. The molecular weight excluding hydrogens is 234 g/mol. The molecule has 1 N–H and O–H groups in total. The normalized spacial score (nSPS) is 34.6. The van der Waals surface area contributed by atoms with Gasteiger partial charge >= 0.3 is 0 Å². The van der Waals surface area contributed by atoms with Crippen LogP contribution in [0.1, 0.15) is 72.1 Å². The second-order valence-corrected chi connectivity index (χ2v) is 7.07. The fourth-order valence-corrected chi connectivity index (χ4v) is 3.81. The maximum Gasteiger partial charge on any atom is 0.0810 e. The van der Waals surface area contributed by atoms with Gasteiger partial charge in [-0.05, 0) is 56.9 Å². The van der Waals surface area contributed by atoms with Crippen LogP contribution in [-0.2, 0) is 4.74 Å². The van der Waals surface area contributed by atoms with Crippen molar-refractivity contribution in [2.45, 2.75) is 83.8 Å². The van der Waals surface area contributed by atoms with Crippen LogP contribution in [-0.4, -0.2) is 24.8 Å². The van der Waals surface area contributed by atoms with E-state index >= 15 is 0 Å². The lowest BCUT2D eigenvalue weighted by atomic mass is 9.80. The predicted octanol–water partition coefficient (Wildman–Crippen LogP) is 4.14. The van der Waals surface area contributed by atoms with Crippen molar-refractivity contribution >= 4 is 0 Å². The summed E-state index contributed by atoms with van der Waals surface area (Å²) in [5.74, 6) is 1.72. The summed E-state index contributed by atoms with van der Waals surface area (Å²) in [6, 6.07) is 0. The second kappa shape index (κ2) is 7.08. The van der Waals surface area contributed by atoms with Crippen LogP contribution in [0.25, 0.3) is 0 Å². The minimum absolute atomic E-state index is 0.167. The molecular formula is C17H33NO. The SMILES string of the molecule is CCCNCC1(OC2CCC(C)C(C)C2)CCCC1. The minimum Gasteiger partial charge on any atom is -0.370 e. The largest absolute Gasteiger partial charge is 0.370 e. The summed E-state index contributed by atoms with van der Waals surface area (Å²) in [7, 11) is 0. The fraction of sp³-hybridized carbons (Fsp3) is 1.00. The van der Waals surface area contributed by atoms with Gasteiger partial charge in [0.25, 0.3) is 0 Å². The summed E-state index contributed by atoms with van der Waals surface area (Å²) in [6.07, 6.45) is 10.9. The maximum atomic E-state index is 6.64. The van der Waals surface area contributed by atoms with E-state index in [0.29, 0.717) is 6.10 Å². The average molecular weight is 267 g/mol. The number of ether oxygens (including phenoxy) is 1. The van der Waals surface area contributed by atoms with Gasteiger partial charge in [0.15, 0.2) is 0 Å². The molecule has 2 nitrogen and oxygen atoms in total. The molecule has 2 aliphatic carbocycles. The lowest BCUT2D eigenvalue weighted by Crippen LogP contribution is -2.45. The molecule has 0 saturated heterocycles. The molecule has 2 rings (SSSR count). The summed E-state index contributed by atoms with van der Waals surface area (Å²) in [5, 5.41) is 3.60. The molecule has 19 heavy (non-hydrogen) atoms. The summed E-state index contributed by atoms with van der Waals surface area (Å²) in [5.41, 5.74) is 0.167. The van der Waals surface area contributed by atoms with Crippen LogP contribution in [0.15, 0.2) is 0 Å². The standard InChI is InChI=1S/C17H33NO/c1-4-11-18-13-17(9-5-6-10-17)19-16-8-7-14(2)15(3)12-16/h14-16,18H,4-13H2,1-3H3. The molecule has 0 aromatic carbocycles. The number of nitrogens with one attached hydrogen (secondary N) is 1. The van der Waals surface area contributed by atoms with Crippen LogP contribution >= 0.6 is 0 Å². The van der Waals surface area contributed by atoms with Gasteiger partial charge in [0.05, 0.1) is 11.7 Å². The highest BCUT2D eigenvalue weighted by Gasteiger charge is 2.38. The van der Waals surface area contributed by atoms with E-state index in [0.717, 1.165) is 24.9 Å². The van der Waals surface area contributed by atoms with Crippen LogP contribution in [0.3, 0.4) is 0 Å². The van der Waals surface area contributed by atoms with Crippen LogP contribution in [0.2, 0.25) is 0 Å². The molecule has 2 fully saturated rings. The Morgan fingerprint density at radius 1 is 1.11 bits per heavy atom. The molecule has 0 amide bonds. The van der Waals surface area contributed by atoms with Crippen LogP contribution < -0.4 is 5.32 Å². The third kappa shape index (κ3) is 4.19. The molecule has 0 spiro atoms. The highest BCUT2D eigenvalue weighted by Crippen LogP contribution is 2.38. The zero-order chi connectivity index (χ0) is 13.7. The van der Waals surface area contributed by atoms with E-state index in [1.54, 1.807) is 0 Å². The van der Waals surface area contributed by atoms with E-state index in [2.05, 4.69) is 26.1 Å². The molecule has 0 heterocycles. The third-order valence-corrected chi connectivity index (χ3v) is 5.36. The topological polar surface area (TPSA) is 21.3 Å². The summed E-state index contributed by atoms with van der Waals surface area (Å²) in [6.45, 7) is 9.23. The van der Waals surface area contributed by atoms with Crippen LogP contribution in [0.4, 0.5) is 0 Å². The zero-order valence-electron chi connectivity index (χ0n) is 13.2. The Kier molecular flexibility index (Phi) is 5.70. The van der Waals surface area contributed by atoms with Crippen molar-refractivity contribution in [3.63, 3.8) is 0 Å². The lowest BCUT2D eigenvalue weighted by Gasteiger charge is -2.39. The van der Waals surface area contributed by atoms with Crippen molar-refractivity contribution < 1.29 is 4.74 Å². The van der Waals surface area contributed by atoms with Gasteiger partial charge in [-0.15, -0.1) is 0 Å². The first-order valence-corrected chi connectivity index (χ1v) is 8.54. The molecule has 112 valence electrons. The molecule has 0 radical (unpaired) electrons. The van der Waals surface area contributed by atoms with Crippen LogP contribution in [0, 0.1) is 11.8 Å². The monoisotopic (exact) mass is 267 g/mol. The van der Waals surface area contributed by atoms with Crippen molar-refractivity contribution in [2.75, 3.05) is 13.1 Å². The molecule has 3 unspecified atom stereocenters. The minimum atomic E-state index is 0.167. The van der Waals surface area contributed by atoms with Gasteiger partial charge in [-0.2, -0.15) is 0 Å². The maximum absolute atomic E-state index is 6.64. The summed E-state index contributed by atoms with van der Waals surface area (Å²) in [4.78, 5) is 0. The molecule has 0 aromatic heterocycles. The van der Waals surface area contributed by atoms with E-state index in [-0.39, 0.29) is 5.60 Å². The molecule has 2 heteroatoms.